The Bertz CT molecular complexity index is 384. The molecule has 0 bridgehead atoms. The summed E-state index contributed by atoms with van der Waals surface area (Å²) in [5, 5.41) is 7.12. The largest absolute Gasteiger partial charge is 0.351 e. The Morgan fingerprint density at radius 1 is 1.56 bits per heavy atom. The van der Waals surface area contributed by atoms with E-state index in [-0.39, 0.29) is 5.91 Å². The Morgan fingerprint density at radius 3 is 2.62 bits per heavy atom. The third kappa shape index (κ3) is 2.61. The number of hydrogen-bond donors (Lipinski definition) is 2. The number of carbonyl (C=O) groups is 1. The first-order valence-electron chi connectivity index (χ1n) is 5.49. The van der Waals surface area contributed by atoms with Gasteiger partial charge in [-0.15, -0.1) is 0 Å². The van der Waals surface area contributed by atoms with Gasteiger partial charge in [0.1, 0.15) is 0 Å². The minimum absolute atomic E-state index is 0.106. The Labute approximate surface area is 96.0 Å². The highest BCUT2D eigenvalue weighted by Crippen LogP contribution is 2.11. The van der Waals surface area contributed by atoms with Crippen LogP contribution in [0.15, 0.2) is 0 Å². The molecule has 3 N–H and O–H groups in total. The molecule has 16 heavy (non-hydrogen) atoms. The molecule has 1 aromatic rings. The summed E-state index contributed by atoms with van der Waals surface area (Å²) in [5.74, 6) is -0.106. The summed E-state index contributed by atoms with van der Waals surface area (Å²) < 4.78 is 1.82. The van der Waals surface area contributed by atoms with Gasteiger partial charge in [-0.3, -0.25) is 9.48 Å². The molecule has 0 saturated heterocycles. The van der Waals surface area contributed by atoms with E-state index >= 15 is 0 Å². The van der Waals surface area contributed by atoms with Gasteiger partial charge in [0.15, 0.2) is 0 Å². The number of amides is 1. The minimum Gasteiger partial charge on any atom is -0.351 e. The predicted molar refractivity (Wildman–Crippen MR) is 62.8 cm³/mol. The molecule has 1 rings (SSSR count). The van der Waals surface area contributed by atoms with E-state index in [9.17, 15) is 4.79 Å². The lowest BCUT2D eigenvalue weighted by Crippen LogP contribution is -2.39. The van der Waals surface area contributed by atoms with Crippen LogP contribution < -0.4 is 11.1 Å². The highest BCUT2D eigenvalue weighted by atomic mass is 16.2. The lowest BCUT2D eigenvalue weighted by Gasteiger charge is -2.10. The third-order valence-corrected chi connectivity index (χ3v) is 2.87. The number of nitrogens with one attached hydrogen (secondary N) is 1. The number of carbonyl (C=O) groups excluding carboxylic acids is 1. The van der Waals surface area contributed by atoms with Crippen LogP contribution >= 0.6 is 0 Å². The quantitative estimate of drug-likeness (QED) is 0.777. The molecular formula is C11H20N4O. The van der Waals surface area contributed by atoms with Crippen molar-refractivity contribution in [3.63, 3.8) is 0 Å². The van der Waals surface area contributed by atoms with Crippen molar-refractivity contribution < 1.29 is 4.79 Å². The lowest BCUT2D eigenvalue weighted by molar-refractivity contribution is -0.122. The number of aryl methyl sites for hydroxylation is 2. The van der Waals surface area contributed by atoms with Crippen molar-refractivity contribution in [3.8, 4) is 0 Å². The molecule has 5 heteroatoms. The Hall–Kier alpha value is -1.36. The van der Waals surface area contributed by atoms with Gasteiger partial charge in [0.2, 0.25) is 5.91 Å². The number of nitrogens with zero attached hydrogens (tertiary/aromatic N) is 2. The van der Waals surface area contributed by atoms with Crippen LogP contribution in [0.2, 0.25) is 0 Å². The van der Waals surface area contributed by atoms with Crippen LogP contribution in [-0.4, -0.2) is 21.7 Å². The van der Waals surface area contributed by atoms with Crippen molar-refractivity contribution in [2.45, 2.75) is 39.8 Å². The van der Waals surface area contributed by atoms with Gasteiger partial charge in [-0.25, -0.2) is 0 Å². The fourth-order valence-electron chi connectivity index (χ4n) is 1.57. The SMILES string of the molecule is CC[C@H](N)C(=O)NCc1c(C)nn(C)c1C. The van der Waals surface area contributed by atoms with Gasteiger partial charge in [-0.05, 0) is 20.3 Å². The van der Waals surface area contributed by atoms with Gasteiger partial charge in [0, 0.05) is 24.8 Å². The van der Waals surface area contributed by atoms with E-state index in [2.05, 4.69) is 10.4 Å². The molecule has 5 nitrogen and oxygen atoms in total. The monoisotopic (exact) mass is 224 g/mol. The summed E-state index contributed by atoms with van der Waals surface area (Å²) in [6.07, 6.45) is 0.650. The molecule has 0 spiro atoms. The fourth-order valence-corrected chi connectivity index (χ4v) is 1.57. The molecule has 90 valence electrons. The van der Waals surface area contributed by atoms with Gasteiger partial charge in [0.25, 0.3) is 0 Å². The Morgan fingerprint density at radius 2 is 2.19 bits per heavy atom. The standard InChI is InChI=1S/C11H20N4O/c1-5-10(12)11(16)13-6-9-7(2)14-15(4)8(9)3/h10H,5-6,12H2,1-4H3,(H,13,16)/t10-/m0/s1. The van der Waals surface area contributed by atoms with E-state index in [1.807, 2.05) is 32.5 Å². The molecule has 0 aromatic carbocycles. The molecule has 0 aliphatic rings. The molecule has 1 heterocycles. The maximum absolute atomic E-state index is 11.5. The van der Waals surface area contributed by atoms with Crippen LogP contribution in [0.1, 0.15) is 30.3 Å². The molecule has 0 fully saturated rings. The summed E-state index contributed by atoms with van der Waals surface area (Å²) >= 11 is 0. The predicted octanol–water partition coefficient (Wildman–Crippen LogP) is 0.390. The van der Waals surface area contributed by atoms with Gasteiger partial charge < -0.3 is 11.1 Å². The first-order valence-corrected chi connectivity index (χ1v) is 5.49. The van der Waals surface area contributed by atoms with Crippen molar-refractivity contribution in [2.75, 3.05) is 0 Å². The molecular weight excluding hydrogens is 204 g/mol. The molecule has 0 aliphatic heterocycles. The lowest BCUT2D eigenvalue weighted by atomic mass is 10.2. The van der Waals surface area contributed by atoms with Gasteiger partial charge in [-0.2, -0.15) is 5.10 Å². The fraction of sp³-hybridized carbons (Fsp3) is 0.636. The molecule has 0 radical (unpaired) electrons. The Kier molecular flexibility index (Phi) is 4.06. The third-order valence-electron chi connectivity index (χ3n) is 2.87. The average molecular weight is 224 g/mol. The molecule has 1 aromatic heterocycles. The first kappa shape index (κ1) is 12.7. The van der Waals surface area contributed by atoms with Crippen LogP contribution in [0.25, 0.3) is 0 Å². The van der Waals surface area contributed by atoms with Crippen LogP contribution in [-0.2, 0) is 18.4 Å². The van der Waals surface area contributed by atoms with E-state index in [4.69, 9.17) is 5.73 Å². The summed E-state index contributed by atoms with van der Waals surface area (Å²) in [6.45, 7) is 6.32. The van der Waals surface area contributed by atoms with Crippen molar-refractivity contribution >= 4 is 5.91 Å². The van der Waals surface area contributed by atoms with Crippen LogP contribution in [0.3, 0.4) is 0 Å². The van der Waals surface area contributed by atoms with Gasteiger partial charge >= 0.3 is 0 Å². The van der Waals surface area contributed by atoms with E-state index in [0.29, 0.717) is 13.0 Å². The number of rotatable bonds is 4. The molecule has 0 unspecified atom stereocenters. The van der Waals surface area contributed by atoms with Crippen LogP contribution in [0.5, 0.6) is 0 Å². The topological polar surface area (TPSA) is 72.9 Å². The summed E-state index contributed by atoms with van der Waals surface area (Å²) in [6, 6.07) is -0.419. The van der Waals surface area contributed by atoms with Crippen LogP contribution in [0.4, 0.5) is 0 Å². The second-order valence-corrected chi connectivity index (χ2v) is 4.01. The summed E-state index contributed by atoms with van der Waals surface area (Å²) in [7, 11) is 1.89. The van der Waals surface area contributed by atoms with Gasteiger partial charge in [0.05, 0.1) is 11.7 Å². The minimum atomic E-state index is -0.419. The average Bonchev–Trinajstić information content (AvgIpc) is 2.49. The van der Waals surface area contributed by atoms with Crippen molar-refractivity contribution in [1.82, 2.24) is 15.1 Å². The second-order valence-electron chi connectivity index (χ2n) is 4.01. The maximum Gasteiger partial charge on any atom is 0.237 e. The summed E-state index contributed by atoms with van der Waals surface area (Å²) in [4.78, 5) is 11.5. The van der Waals surface area contributed by atoms with E-state index in [1.165, 1.54) is 0 Å². The van der Waals surface area contributed by atoms with E-state index in [0.717, 1.165) is 17.0 Å². The highest BCUT2D eigenvalue weighted by Gasteiger charge is 2.13. The zero-order chi connectivity index (χ0) is 12.3. The van der Waals surface area contributed by atoms with Crippen LogP contribution in [0, 0.1) is 13.8 Å². The van der Waals surface area contributed by atoms with Crippen molar-refractivity contribution in [2.24, 2.45) is 12.8 Å². The normalized spacial score (nSPS) is 12.6. The highest BCUT2D eigenvalue weighted by molar-refractivity contribution is 5.81. The number of nitrogens with two attached hydrogens (primary N) is 1. The van der Waals surface area contributed by atoms with E-state index in [1.54, 1.807) is 0 Å². The second kappa shape index (κ2) is 5.12. The first-order chi connectivity index (χ1) is 7.47. The maximum atomic E-state index is 11.5. The van der Waals surface area contributed by atoms with Crippen molar-refractivity contribution in [3.05, 3.63) is 17.0 Å². The van der Waals surface area contributed by atoms with Gasteiger partial charge in [-0.1, -0.05) is 6.92 Å². The Balaban J connectivity index is 2.65. The van der Waals surface area contributed by atoms with Crippen molar-refractivity contribution in [1.29, 1.82) is 0 Å². The zero-order valence-electron chi connectivity index (χ0n) is 10.4. The molecule has 0 saturated carbocycles. The van der Waals surface area contributed by atoms with E-state index < -0.39 is 6.04 Å². The molecule has 1 amide bonds. The molecule has 0 aliphatic carbocycles. The number of hydrogen-bond acceptors (Lipinski definition) is 3. The molecule has 1 atom stereocenters. The summed E-state index contributed by atoms with van der Waals surface area (Å²) in [5.41, 5.74) is 8.72. The zero-order valence-corrected chi connectivity index (χ0v) is 10.4. The smallest absolute Gasteiger partial charge is 0.237 e. The number of aromatic nitrogens is 2.